The van der Waals surface area contributed by atoms with Gasteiger partial charge in [0.1, 0.15) is 17.9 Å². The van der Waals surface area contributed by atoms with Crippen LogP contribution in [0, 0.1) is 5.92 Å². The molecule has 0 saturated carbocycles. The third-order valence-corrected chi connectivity index (χ3v) is 5.78. The highest BCUT2D eigenvalue weighted by Crippen LogP contribution is 2.24. The number of nitrogens with one attached hydrogen (secondary N) is 1. The zero-order valence-corrected chi connectivity index (χ0v) is 18.3. The Kier molecular flexibility index (Phi) is 6.64. The Morgan fingerprint density at radius 3 is 2.87 bits per heavy atom. The number of piperidine rings is 1. The van der Waals surface area contributed by atoms with Crippen molar-refractivity contribution >= 4 is 17.5 Å². The normalized spacial score (nSPS) is 16.5. The number of carbonyl (C=O) groups excluding carboxylic acids is 1. The van der Waals surface area contributed by atoms with Crippen molar-refractivity contribution in [3.05, 3.63) is 47.9 Å². The SMILES string of the molecule is CCCc1cc(N2CCCC(C(=O)NCCc3ccc(OC)cc3)C2)n2ncnc2n1. The van der Waals surface area contributed by atoms with E-state index in [9.17, 15) is 4.79 Å². The predicted molar refractivity (Wildman–Crippen MR) is 119 cm³/mol. The molecule has 8 heteroatoms. The van der Waals surface area contributed by atoms with Gasteiger partial charge >= 0.3 is 0 Å². The number of ether oxygens (including phenoxy) is 1. The lowest BCUT2D eigenvalue weighted by Gasteiger charge is -2.33. The van der Waals surface area contributed by atoms with Gasteiger partial charge in [0, 0.05) is 31.4 Å². The maximum Gasteiger partial charge on any atom is 0.254 e. The first kappa shape index (κ1) is 21.1. The van der Waals surface area contributed by atoms with Gasteiger partial charge in [0.25, 0.3) is 5.78 Å². The zero-order chi connectivity index (χ0) is 21.6. The van der Waals surface area contributed by atoms with Crippen molar-refractivity contribution in [3.8, 4) is 5.75 Å². The van der Waals surface area contributed by atoms with Crippen LogP contribution in [0.5, 0.6) is 5.75 Å². The third kappa shape index (κ3) is 4.95. The molecule has 2 aromatic heterocycles. The first-order valence-electron chi connectivity index (χ1n) is 11.0. The molecule has 0 aliphatic carbocycles. The molecule has 31 heavy (non-hydrogen) atoms. The number of fused-ring (bicyclic) bond motifs is 1. The van der Waals surface area contributed by atoms with Crippen LogP contribution < -0.4 is 15.0 Å². The molecule has 1 saturated heterocycles. The van der Waals surface area contributed by atoms with Gasteiger partial charge in [-0.05, 0) is 43.4 Å². The summed E-state index contributed by atoms with van der Waals surface area (Å²) in [6.45, 7) is 4.35. The molecule has 0 radical (unpaired) electrons. The van der Waals surface area contributed by atoms with Crippen molar-refractivity contribution in [3.63, 3.8) is 0 Å². The fourth-order valence-corrected chi connectivity index (χ4v) is 4.12. The molecule has 3 heterocycles. The molecule has 164 valence electrons. The fourth-order valence-electron chi connectivity index (χ4n) is 4.12. The van der Waals surface area contributed by atoms with Crippen LogP contribution >= 0.6 is 0 Å². The molecule has 8 nitrogen and oxygen atoms in total. The van der Waals surface area contributed by atoms with E-state index in [1.807, 2.05) is 24.3 Å². The lowest BCUT2D eigenvalue weighted by molar-refractivity contribution is -0.125. The standard InChI is InChI=1S/C23H30N6O2/c1-3-5-19-14-21(29-23(27-19)25-16-26-29)28-13-4-6-18(15-28)22(30)24-12-11-17-7-9-20(31-2)10-8-17/h7-10,14,16,18H,3-6,11-13,15H2,1-2H3,(H,24,30). The highest BCUT2D eigenvalue weighted by Gasteiger charge is 2.27. The van der Waals surface area contributed by atoms with Crippen molar-refractivity contribution in [2.24, 2.45) is 5.92 Å². The monoisotopic (exact) mass is 422 g/mol. The van der Waals surface area contributed by atoms with Gasteiger partial charge in [-0.2, -0.15) is 14.6 Å². The maximum atomic E-state index is 12.8. The molecule has 1 fully saturated rings. The van der Waals surface area contributed by atoms with Crippen LogP contribution in [-0.4, -0.2) is 52.2 Å². The molecule has 1 N–H and O–H groups in total. The molecule has 0 bridgehead atoms. The maximum absolute atomic E-state index is 12.8. The van der Waals surface area contributed by atoms with Crippen LogP contribution in [0.2, 0.25) is 0 Å². The molecule has 1 atom stereocenters. The summed E-state index contributed by atoms with van der Waals surface area (Å²) in [5, 5.41) is 7.47. The van der Waals surface area contributed by atoms with E-state index in [4.69, 9.17) is 4.74 Å². The molecular formula is C23H30N6O2. The number of benzene rings is 1. The van der Waals surface area contributed by atoms with Gasteiger partial charge < -0.3 is 15.0 Å². The van der Waals surface area contributed by atoms with Crippen LogP contribution in [0.1, 0.15) is 37.4 Å². The highest BCUT2D eigenvalue weighted by atomic mass is 16.5. The Bertz CT molecular complexity index is 1020. The highest BCUT2D eigenvalue weighted by molar-refractivity contribution is 5.79. The third-order valence-electron chi connectivity index (χ3n) is 5.78. The molecule has 1 unspecified atom stereocenters. The van der Waals surface area contributed by atoms with Crippen molar-refractivity contribution < 1.29 is 9.53 Å². The summed E-state index contributed by atoms with van der Waals surface area (Å²) in [6.07, 6.45) is 6.14. The number of methoxy groups -OCH3 is 1. The quantitative estimate of drug-likeness (QED) is 0.601. The van der Waals surface area contributed by atoms with Crippen LogP contribution in [-0.2, 0) is 17.6 Å². The van der Waals surface area contributed by atoms with E-state index in [0.717, 1.165) is 55.9 Å². The van der Waals surface area contributed by atoms with Gasteiger partial charge in [-0.15, -0.1) is 0 Å². The van der Waals surface area contributed by atoms with Crippen molar-refractivity contribution in [1.29, 1.82) is 0 Å². The number of amides is 1. The van der Waals surface area contributed by atoms with E-state index in [1.165, 1.54) is 11.9 Å². The first-order chi connectivity index (χ1) is 15.2. The van der Waals surface area contributed by atoms with Gasteiger partial charge in [-0.1, -0.05) is 25.5 Å². The minimum atomic E-state index is -0.0361. The summed E-state index contributed by atoms with van der Waals surface area (Å²) in [7, 11) is 1.66. The summed E-state index contributed by atoms with van der Waals surface area (Å²) in [5.41, 5.74) is 2.20. The average molecular weight is 423 g/mol. The van der Waals surface area contributed by atoms with E-state index in [1.54, 1.807) is 11.6 Å². The van der Waals surface area contributed by atoms with Crippen LogP contribution in [0.4, 0.5) is 5.82 Å². The Hall–Kier alpha value is -3.16. The number of anilines is 1. The van der Waals surface area contributed by atoms with E-state index >= 15 is 0 Å². The second-order valence-corrected chi connectivity index (χ2v) is 8.00. The van der Waals surface area contributed by atoms with Gasteiger partial charge in [0.05, 0.1) is 13.0 Å². The molecule has 1 aromatic carbocycles. The molecule has 0 spiro atoms. The lowest BCUT2D eigenvalue weighted by atomic mass is 9.97. The summed E-state index contributed by atoms with van der Waals surface area (Å²) in [4.78, 5) is 24.0. The number of carbonyl (C=O) groups is 1. The van der Waals surface area contributed by atoms with Gasteiger partial charge in [0.2, 0.25) is 5.91 Å². The minimum Gasteiger partial charge on any atom is -0.497 e. The minimum absolute atomic E-state index is 0.0361. The Labute approximate surface area is 182 Å². The second-order valence-electron chi connectivity index (χ2n) is 8.00. The van der Waals surface area contributed by atoms with Gasteiger partial charge in [-0.25, -0.2) is 4.98 Å². The lowest BCUT2D eigenvalue weighted by Crippen LogP contribution is -2.44. The zero-order valence-electron chi connectivity index (χ0n) is 18.3. The fraction of sp³-hybridized carbons (Fsp3) is 0.478. The molecule has 1 aliphatic heterocycles. The Morgan fingerprint density at radius 1 is 1.26 bits per heavy atom. The molecule has 3 aromatic rings. The first-order valence-corrected chi connectivity index (χ1v) is 11.0. The largest absolute Gasteiger partial charge is 0.497 e. The van der Waals surface area contributed by atoms with Gasteiger partial charge in [0.15, 0.2) is 0 Å². The van der Waals surface area contributed by atoms with Crippen LogP contribution in [0.15, 0.2) is 36.7 Å². The number of hydrogen-bond donors (Lipinski definition) is 1. The summed E-state index contributed by atoms with van der Waals surface area (Å²) in [5.74, 6) is 2.52. The number of aromatic nitrogens is 4. The molecule has 4 rings (SSSR count). The van der Waals surface area contributed by atoms with Crippen LogP contribution in [0.3, 0.4) is 0 Å². The number of rotatable bonds is 8. The number of nitrogens with zero attached hydrogens (tertiary/aromatic N) is 5. The van der Waals surface area contributed by atoms with Crippen molar-refractivity contribution in [2.45, 2.75) is 39.0 Å². The number of hydrogen-bond acceptors (Lipinski definition) is 6. The van der Waals surface area contributed by atoms with Crippen molar-refractivity contribution in [2.75, 3.05) is 31.6 Å². The van der Waals surface area contributed by atoms with Gasteiger partial charge in [-0.3, -0.25) is 4.79 Å². The smallest absolute Gasteiger partial charge is 0.254 e. The van der Waals surface area contributed by atoms with Crippen LogP contribution in [0.25, 0.3) is 5.78 Å². The second kappa shape index (κ2) is 9.76. The molecular weight excluding hydrogens is 392 g/mol. The summed E-state index contributed by atoms with van der Waals surface area (Å²) >= 11 is 0. The molecule has 1 amide bonds. The topological polar surface area (TPSA) is 84.7 Å². The van der Waals surface area contributed by atoms with E-state index < -0.39 is 0 Å². The average Bonchev–Trinajstić information content (AvgIpc) is 3.28. The van der Waals surface area contributed by atoms with E-state index in [2.05, 4.69) is 38.3 Å². The Morgan fingerprint density at radius 2 is 2.10 bits per heavy atom. The van der Waals surface area contributed by atoms with Crippen molar-refractivity contribution in [1.82, 2.24) is 24.9 Å². The Balaban J connectivity index is 1.38. The van der Waals surface area contributed by atoms with E-state index in [0.29, 0.717) is 18.9 Å². The summed E-state index contributed by atoms with van der Waals surface area (Å²) in [6, 6.07) is 10.1. The molecule has 1 aliphatic rings. The van der Waals surface area contributed by atoms with E-state index in [-0.39, 0.29) is 11.8 Å². The number of aryl methyl sites for hydroxylation is 1. The summed E-state index contributed by atoms with van der Waals surface area (Å²) < 4.78 is 6.97. The predicted octanol–water partition coefficient (Wildman–Crippen LogP) is 2.66.